The van der Waals surface area contributed by atoms with Crippen LogP contribution in [0.4, 0.5) is 0 Å². The van der Waals surface area contributed by atoms with Gasteiger partial charge in [-0.25, -0.2) is 0 Å². The lowest BCUT2D eigenvalue weighted by Crippen LogP contribution is -2.29. The van der Waals surface area contributed by atoms with Gasteiger partial charge >= 0.3 is 0 Å². The zero-order valence-electron chi connectivity index (χ0n) is 11.3. The number of hydrogen-bond acceptors (Lipinski definition) is 1. The van der Waals surface area contributed by atoms with Crippen molar-refractivity contribution in [2.45, 2.75) is 52.0 Å². The highest BCUT2D eigenvalue weighted by molar-refractivity contribution is 6.35. The van der Waals surface area contributed by atoms with Gasteiger partial charge in [0.15, 0.2) is 0 Å². The van der Waals surface area contributed by atoms with E-state index in [-0.39, 0.29) is 0 Å². The van der Waals surface area contributed by atoms with E-state index in [1.54, 1.807) is 0 Å². The molecule has 0 aliphatic rings. The Bertz CT molecular complexity index is 332. The van der Waals surface area contributed by atoms with Crippen LogP contribution in [0, 0.1) is 0 Å². The Hall–Kier alpha value is -0.240. The highest BCUT2D eigenvalue weighted by Gasteiger charge is 2.08. The summed E-state index contributed by atoms with van der Waals surface area (Å²) < 4.78 is 0. The van der Waals surface area contributed by atoms with Crippen molar-refractivity contribution in [3.05, 3.63) is 33.8 Å². The van der Waals surface area contributed by atoms with E-state index in [9.17, 15) is 0 Å². The summed E-state index contributed by atoms with van der Waals surface area (Å²) >= 11 is 12.3. The van der Waals surface area contributed by atoms with Gasteiger partial charge < -0.3 is 5.32 Å². The van der Waals surface area contributed by atoms with Gasteiger partial charge in [-0.3, -0.25) is 0 Å². The summed E-state index contributed by atoms with van der Waals surface area (Å²) in [6, 6.07) is 6.34. The van der Waals surface area contributed by atoms with E-state index < -0.39 is 0 Å². The van der Waals surface area contributed by atoms with E-state index in [0.29, 0.717) is 6.04 Å². The van der Waals surface area contributed by atoms with Crippen LogP contribution in [-0.2, 0) is 6.42 Å². The molecule has 0 fully saturated rings. The third-order valence-electron chi connectivity index (χ3n) is 3.22. The molecule has 1 rings (SSSR count). The van der Waals surface area contributed by atoms with E-state index in [0.717, 1.165) is 35.0 Å². The van der Waals surface area contributed by atoms with Crippen LogP contribution in [0.25, 0.3) is 0 Å². The van der Waals surface area contributed by atoms with Gasteiger partial charge in [0.2, 0.25) is 0 Å². The quantitative estimate of drug-likeness (QED) is 0.702. The molecule has 0 aliphatic carbocycles. The van der Waals surface area contributed by atoms with Crippen molar-refractivity contribution >= 4 is 23.2 Å². The molecule has 1 aromatic rings. The molecule has 0 heterocycles. The normalized spacial score (nSPS) is 12.7. The summed E-state index contributed by atoms with van der Waals surface area (Å²) in [6.45, 7) is 5.53. The molecule has 3 heteroatoms. The van der Waals surface area contributed by atoms with Crippen LogP contribution < -0.4 is 5.32 Å². The average Bonchev–Trinajstić information content (AvgIpc) is 2.36. The first-order valence-corrected chi connectivity index (χ1v) is 7.60. The average molecular weight is 288 g/mol. The molecule has 1 unspecified atom stereocenters. The standard InChI is InChI=1S/C15H23Cl2N/c1-3-11-18-12(4-2)7-5-8-13-14(16)9-6-10-15(13)17/h6,9-10,12,18H,3-5,7-8,11H2,1-2H3. The lowest BCUT2D eigenvalue weighted by molar-refractivity contribution is 0.456. The fourth-order valence-corrected chi connectivity index (χ4v) is 2.68. The van der Waals surface area contributed by atoms with Crippen LogP contribution in [-0.4, -0.2) is 12.6 Å². The summed E-state index contributed by atoms with van der Waals surface area (Å²) in [5.41, 5.74) is 1.09. The van der Waals surface area contributed by atoms with Gasteiger partial charge in [-0.15, -0.1) is 0 Å². The van der Waals surface area contributed by atoms with Crippen molar-refractivity contribution in [3.63, 3.8) is 0 Å². The molecule has 102 valence electrons. The smallest absolute Gasteiger partial charge is 0.0452 e. The second-order valence-corrected chi connectivity index (χ2v) is 5.47. The van der Waals surface area contributed by atoms with Gasteiger partial charge in [-0.1, -0.05) is 43.1 Å². The van der Waals surface area contributed by atoms with Crippen LogP contribution >= 0.6 is 23.2 Å². The number of rotatable bonds is 8. The molecule has 0 bridgehead atoms. The summed E-state index contributed by atoms with van der Waals surface area (Å²) in [7, 11) is 0. The molecular weight excluding hydrogens is 265 g/mol. The van der Waals surface area contributed by atoms with Crippen molar-refractivity contribution in [2.24, 2.45) is 0 Å². The minimum absolute atomic E-state index is 0.617. The highest BCUT2D eigenvalue weighted by atomic mass is 35.5. The molecule has 1 atom stereocenters. The first-order valence-electron chi connectivity index (χ1n) is 6.85. The van der Waals surface area contributed by atoms with E-state index in [2.05, 4.69) is 19.2 Å². The molecule has 0 spiro atoms. The zero-order chi connectivity index (χ0) is 13.4. The number of benzene rings is 1. The molecule has 0 amide bonds. The monoisotopic (exact) mass is 287 g/mol. The second-order valence-electron chi connectivity index (χ2n) is 4.65. The number of halogens is 2. The van der Waals surface area contributed by atoms with Crippen molar-refractivity contribution in [3.8, 4) is 0 Å². The molecule has 0 aliphatic heterocycles. The predicted molar refractivity (Wildman–Crippen MR) is 81.8 cm³/mol. The molecular formula is C15H23Cl2N. The fourth-order valence-electron chi connectivity index (χ4n) is 2.10. The molecule has 1 aromatic carbocycles. The molecule has 0 saturated heterocycles. The van der Waals surface area contributed by atoms with Crippen molar-refractivity contribution < 1.29 is 0 Å². The van der Waals surface area contributed by atoms with Crippen LogP contribution in [0.5, 0.6) is 0 Å². The molecule has 1 N–H and O–H groups in total. The topological polar surface area (TPSA) is 12.0 Å². The van der Waals surface area contributed by atoms with Gasteiger partial charge in [-0.2, -0.15) is 0 Å². The minimum atomic E-state index is 0.617. The maximum Gasteiger partial charge on any atom is 0.0452 e. The summed E-state index contributed by atoms with van der Waals surface area (Å²) in [6.07, 6.45) is 5.63. The SMILES string of the molecule is CCCNC(CC)CCCc1c(Cl)cccc1Cl. The first-order chi connectivity index (χ1) is 8.69. The van der Waals surface area contributed by atoms with Gasteiger partial charge in [0.05, 0.1) is 0 Å². The minimum Gasteiger partial charge on any atom is -0.314 e. The Kier molecular flexibility index (Phi) is 7.73. The zero-order valence-corrected chi connectivity index (χ0v) is 12.8. The van der Waals surface area contributed by atoms with E-state index >= 15 is 0 Å². The molecule has 0 saturated carbocycles. The lowest BCUT2D eigenvalue weighted by Gasteiger charge is -2.16. The first kappa shape index (κ1) is 15.8. The Morgan fingerprint density at radius 1 is 1.17 bits per heavy atom. The Morgan fingerprint density at radius 3 is 2.39 bits per heavy atom. The fraction of sp³-hybridized carbons (Fsp3) is 0.600. The highest BCUT2D eigenvalue weighted by Crippen LogP contribution is 2.26. The molecule has 0 radical (unpaired) electrons. The van der Waals surface area contributed by atoms with Crippen LogP contribution in [0.15, 0.2) is 18.2 Å². The Labute approximate surface area is 121 Å². The largest absolute Gasteiger partial charge is 0.314 e. The lowest BCUT2D eigenvalue weighted by atomic mass is 10.0. The Balaban J connectivity index is 2.40. The van der Waals surface area contributed by atoms with Crippen molar-refractivity contribution in [1.82, 2.24) is 5.32 Å². The van der Waals surface area contributed by atoms with Gasteiger partial charge in [0.25, 0.3) is 0 Å². The van der Waals surface area contributed by atoms with Gasteiger partial charge in [0, 0.05) is 16.1 Å². The van der Waals surface area contributed by atoms with Crippen LogP contribution in [0.1, 0.15) is 45.1 Å². The van der Waals surface area contributed by atoms with Crippen LogP contribution in [0.3, 0.4) is 0 Å². The van der Waals surface area contributed by atoms with Gasteiger partial charge in [0.1, 0.15) is 0 Å². The number of hydrogen-bond donors (Lipinski definition) is 1. The molecule has 0 aromatic heterocycles. The number of nitrogens with one attached hydrogen (secondary N) is 1. The van der Waals surface area contributed by atoms with Gasteiger partial charge in [-0.05, 0) is 56.3 Å². The van der Waals surface area contributed by atoms with E-state index in [1.807, 2.05) is 18.2 Å². The van der Waals surface area contributed by atoms with E-state index in [1.165, 1.54) is 19.3 Å². The van der Waals surface area contributed by atoms with Crippen molar-refractivity contribution in [2.75, 3.05) is 6.54 Å². The maximum absolute atomic E-state index is 6.16. The molecule has 1 nitrogen and oxygen atoms in total. The summed E-state index contributed by atoms with van der Waals surface area (Å²) in [5, 5.41) is 5.15. The third-order valence-corrected chi connectivity index (χ3v) is 3.93. The predicted octanol–water partition coefficient (Wildman–Crippen LogP) is 5.09. The third kappa shape index (κ3) is 5.17. The Morgan fingerprint density at radius 2 is 1.83 bits per heavy atom. The van der Waals surface area contributed by atoms with Crippen molar-refractivity contribution in [1.29, 1.82) is 0 Å². The second kappa shape index (κ2) is 8.79. The van der Waals surface area contributed by atoms with E-state index in [4.69, 9.17) is 23.2 Å². The maximum atomic E-state index is 6.16. The molecule has 18 heavy (non-hydrogen) atoms. The summed E-state index contributed by atoms with van der Waals surface area (Å²) in [5.74, 6) is 0. The van der Waals surface area contributed by atoms with Crippen LogP contribution in [0.2, 0.25) is 10.0 Å². The summed E-state index contributed by atoms with van der Waals surface area (Å²) in [4.78, 5) is 0.